The van der Waals surface area contributed by atoms with E-state index in [0.29, 0.717) is 35.3 Å². The van der Waals surface area contributed by atoms with Crippen molar-refractivity contribution in [2.45, 2.75) is 36.5 Å². The Morgan fingerprint density at radius 1 is 1.19 bits per heavy atom. The molecule has 3 aliphatic rings. The van der Waals surface area contributed by atoms with Gasteiger partial charge < -0.3 is 14.1 Å². The molecule has 1 saturated heterocycles. The summed E-state index contributed by atoms with van der Waals surface area (Å²) in [6, 6.07) is 9.78. The Morgan fingerprint density at radius 3 is 2.69 bits per heavy atom. The lowest BCUT2D eigenvalue weighted by atomic mass is 9.82. The van der Waals surface area contributed by atoms with Gasteiger partial charge in [0.15, 0.2) is 5.58 Å². The standard InChI is InChI=1S/C24H22N4O7S/c1-34-14-3-2-13-11-28(22(30)16(13)8-14)12-24(10-21(29)26-23(24)31)19-9-17-18(35-19)6-7-20(25-17)27-36(32,33)15-4-5-15/h2-3,6-9,15H,4-5,10-12H2,1H3,(H,25,27)(H,26,29,31)/t24-/m1/s1. The molecule has 36 heavy (non-hydrogen) atoms. The molecule has 2 fully saturated rings. The van der Waals surface area contributed by atoms with Gasteiger partial charge in [-0.1, -0.05) is 6.07 Å². The molecule has 0 radical (unpaired) electrons. The smallest absolute Gasteiger partial charge is 0.254 e. The molecule has 3 amide bonds. The van der Waals surface area contributed by atoms with Crippen molar-refractivity contribution in [3.8, 4) is 5.75 Å². The van der Waals surface area contributed by atoms with Crippen molar-refractivity contribution in [3.05, 3.63) is 53.3 Å². The number of fused-ring (bicyclic) bond motifs is 2. The van der Waals surface area contributed by atoms with Gasteiger partial charge in [0.2, 0.25) is 21.8 Å². The van der Waals surface area contributed by atoms with Gasteiger partial charge in [0.1, 0.15) is 28.3 Å². The predicted molar refractivity (Wildman–Crippen MR) is 127 cm³/mol. The van der Waals surface area contributed by atoms with Crippen LogP contribution in [0.3, 0.4) is 0 Å². The highest BCUT2D eigenvalue weighted by Crippen LogP contribution is 2.39. The van der Waals surface area contributed by atoms with Gasteiger partial charge in [0.05, 0.1) is 18.8 Å². The molecule has 1 atom stereocenters. The van der Waals surface area contributed by atoms with Crippen molar-refractivity contribution in [1.82, 2.24) is 15.2 Å². The fourth-order valence-electron chi connectivity index (χ4n) is 4.79. The summed E-state index contributed by atoms with van der Waals surface area (Å²) in [7, 11) is -1.99. The van der Waals surface area contributed by atoms with Gasteiger partial charge in [-0.3, -0.25) is 24.4 Å². The monoisotopic (exact) mass is 510 g/mol. The molecule has 11 nitrogen and oxygen atoms in total. The van der Waals surface area contributed by atoms with Crippen LogP contribution in [0.25, 0.3) is 11.1 Å². The maximum absolute atomic E-state index is 13.2. The molecule has 2 N–H and O–H groups in total. The van der Waals surface area contributed by atoms with Gasteiger partial charge in [0, 0.05) is 24.7 Å². The summed E-state index contributed by atoms with van der Waals surface area (Å²) in [5.41, 5.74) is 0.473. The molecule has 1 saturated carbocycles. The van der Waals surface area contributed by atoms with Crippen LogP contribution in [0.1, 0.15) is 40.9 Å². The molecule has 12 heteroatoms. The molecular weight excluding hydrogens is 488 g/mol. The van der Waals surface area contributed by atoms with E-state index in [0.717, 1.165) is 5.56 Å². The second-order valence-electron chi connectivity index (χ2n) is 9.36. The first kappa shape index (κ1) is 22.5. The van der Waals surface area contributed by atoms with E-state index in [4.69, 9.17) is 9.15 Å². The van der Waals surface area contributed by atoms with Crippen LogP contribution in [0.2, 0.25) is 0 Å². The van der Waals surface area contributed by atoms with Crippen LogP contribution in [-0.4, -0.2) is 54.9 Å². The van der Waals surface area contributed by atoms with Crippen LogP contribution in [0.15, 0.2) is 40.8 Å². The second kappa shape index (κ2) is 7.79. The Balaban J connectivity index is 1.34. The number of furan rings is 1. The molecule has 2 aliphatic heterocycles. The zero-order valence-electron chi connectivity index (χ0n) is 19.2. The van der Waals surface area contributed by atoms with Crippen LogP contribution in [0.5, 0.6) is 5.75 Å². The van der Waals surface area contributed by atoms with Crippen molar-refractivity contribution in [1.29, 1.82) is 0 Å². The number of amides is 3. The third-order valence-electron chi connectivity index (χ3n) is 6.86. The van der Waals surface area contributed by atoms with E-state index in [1.165, 1.54) is 24.1 Å². The highest BCUT2D eigenvalue weighted by atomic mass is 32.2. The third-order valence-corrected chi connectivity index (χ3v) is 8.70. The van der Waals surface area contributed by atoms with Gasteiger partial charge in [-0.05, 0) is 42.7 Å². The normalized spacial score (nSPS) is 21.7. The molecule has 3 aromatic rings. The number of hydrogen-bond donors (Lipinski definition) is 2. The summed E-state index contributed by atoms with van der Waals surface area (Å²) in [6.45, 7) is 0.189. The number of methoxy groups -OCH3 is 1. The summed E-state index contributed by atoms with van der Waals surface area (Å²) in [5, 5.41) is 1.92. The van der Waals surface area contributed by atoms with Crippen molar-refractivity contribution >= 4 is 44.7 Å². The fraction of sp³-hybridized carbons (Fsp3) is 0.333. The lowest BCUT2D eigenvalue weighted by Gasteiger charge is -2.28. The molecule has 0 unspecified atom stereocenters. The fourth-order valence-corrected chi connectivity index (χ4v) is 6.12. The number of benzene rings is 1. The third kappa shape index (κ3) is 3.60. The highest BCUT2D eigenvalue weighted by molar-refractivity contribution is 7.93. The van der Waals surface area contributed by atoms with E-state index >= 15 is 0 Å². The van der Waals surface area contributed by atoms with E-state index in [-0.39, 0.29) is 37.0 Å². The van der Waals surface area contributed by atoms with Gasteiger partial charge in [-0.2, -0.15) is 0 Å². The van der Waals surface area contributed by atoms with Crippen LogP contribution < -0.4 is 14.8 Å². The number of aromatic nitrogens is 1. The Kier molecular flexibility index (Phi) is 4.87. The number of sulfonamides is 1. The van der Waals surface area contributed by atoms with E-state index in [9.17, 15) is 22.8 Å². The van der Waals surface area contributed by atoms with Crippen LogP contribution in [0, 0.1) is 0 Å². The van der Waals surface area contributed by atoms with E-state index in [1.807, 2.05) is 0 Å². The summed E-state index contributed by atoms with van der Waals surface area (Å²) in [4.78, 5) is 44.5. The highest BCUT2D eigenvalue weighted by Gasteiger charge is 2.53. The molecular formula is C24H22N4O7S. The molecule has 2 aromatic heterocycles. The Bertz CT molecular complexity index is 1560. The number of carbonyl (C=O) groups is 3. The van der Waals surface area contributed by atoms with Crippen LogP contribution >= 0.6 is 0 Å². The van der Waals surface area contributed by atoms with Crippen molar-refractivity contribution in [2.75, 3.05) is 18.4 Å². The number of ether oxygens (including phenoxy) is 1. The van der Waals surface area contributed by atoms with Gasteiger partial charge >= 0.3 is 0 Å². The molecule has 1 aromatic carbocycles. The quantitative estimate of drug-likeness (QED) is 0.456. The summed E-state index contributed by atoms with van der Waals surface area (Å²) < 4.78 is 38.3. The van der Waals surface area contributed by atoms with E-state index in [2.05, 4.69) is 15.0 Å². The number of nitrogens with one attached hydrogen (secondary N) is 2. The van der Waals surface area contributed by atoms with Crippen molar-refractivity contribution < 1.29 is 32.0 Å². The van der Waals surface area contributed by atoms with Crippen LogP contribution in [0.4, 0.5) is 5.82 Å². The average Bonchev–Trinajstić information content (AvgIpc) is 3.48. The second-order valence-corrected chi connectivity index (χ2v) is 11.3. The maximum atomic E-state index is 13.2. The summed E-state index contributed by atoms with van der Waals surface area (Å²) in [6.07, 6.45) is 1.03. The minimum atomic E-state index is -3.50. The predicted octanol–water partition coefficient (Wildman–Crippen LogP) is 1.68. The van der Waals surface area contributed by atoms with Gasteiger partial charge in [-0.25, -0.2) is 13.4 Å². The van der Waals surface area contributed by atoms with E-state index < -0.39 is 32.5 Å². The minimum absolute atomic E-state index is 0.0820. The van der Waals surface area contributed by atoms with E-state index in [1.54, 1.807) is 24.3 Å². The molecule has 0 spiro atoms. The topological polar surface area (TPSA) is 148 Å². The first-order valence-electron chi connectivity index (χ1n) is 11.4. The largest absolute Gasteiger partial charge is 0.497 e. The Labute approximate surface area is 205 Å². The number of rotatable bonds is 7. The first-order valence-corrected chi connectivity index (χ1v) is 13.0. The zero-order chi connectivity index (χ0) is 25.2. The number of hydrogen-bond acceptors (Lipinski definition) is 8. The molecule has 0 bridgehead atoms. The summed E-state index contributed by atoms with van der Waals surface area (Å²) in [5.74, 6) is -0.455. The molecule has 1 aliphatic carbocycles. The molecule has 4 heterocycles. The number of nitrogens with zero attached hydrogens (tertiary/aromatic N) is 2. The van der Waals surface area contributed by atoms with Crippen LogP contribution in [-0.2, 0) is 31.6 Å². The first-order chi connectivity index (χ1) is 17.2. The molecule has 186 valence electrons. The number of carbonyl (C=O) groups excluding carboxylic acids is 3. The van der Waals surface area contributed by atoms with Crippen molar-refractivity contribution in [3.63, 3.8) is 0 Å². The number of anilines is 1. The number of imide groups is 1. The maximum Gasteiger partial charge on any atom is 0.254 e. The van der Waals surface area contributed by atoms with Crippen molar-refractivity contribution in [2.24, 2.45) is 0 Å². The zero-order valence-corrected chi connectivity index (χ0v) is 20.1. The lowest BCUT2D eigenvalue weighted by Crippen LogP contribution is -2.46. The minimum Gasteiger partial charge on any atom is -0.497 e. The molecule has 6 rings (SSSR count). The number of pyridine rings is 1. The summed E-state index contributed by atoms with van der Waals surface area (Å²) >= 11 is 0. The Morgan fingerprint density at radius 2 is 2.00 bits per heavy atom. The van der Waals surface area contributed by atoms with Gasteiger partial charge in [0.25, 0.3) is 5.91 Å². The Hall–Kier alpha value is -3.93. The average molecular weight is 511 g/mol. The lowest BCUT2D eigenvalue weighted by molar-refractivity contribution is -0.127. The van der Waals surface area contributed by atoms with Gasteiger partial charge in [-0.15, -0.1) is 0 Å². The SMILES string of the molecule is COc1ccc2c(c1)C(=O)N(C[C@@]1(c3cc4nc(NS(=O)(=O)C5CC5)ccc4o3)CC(=O)NC1=O)C2.